The first-order valence-corrected chi connectivity index (χ1v) is 11.7. The van der Waals surface area contributed by atoms with E-state index in [1.165, 1.54) is 0 Å². The molecule has 1 saturated carbocycles. The highest BCUT2D eigenvalue weighted by Gasteiger charge is 2.40. The minimum absolute atomic E-state index is 0.0627. The van der Waals surface area contributed by atoms with Crippen LogP contribution < -0.4 is 9.47 Å². The molecule has 32 heavy (non-hydrogen) atoms. The van der Waals surface area contributed by atoms with Crippen molar-refractivity contribution >= 4 is 12.1 Å². The van der Waals surface area contributed by atoms with Crippen LogP contribution in [0.25, 0.3) is 0 Å². The molecule has 3 rings (SSSR count). The number of rotatable bonds is 7. The molecule has 0 radical (unpaired) electrons. The molecule has 7 heteroatoms. The number of hydrogen-bond acceptors (Lipinski definition) is 6. The average molecular weight is 448 g/mol. The Morgan fingerprint density at radius 2 is 1.81 bits per heavy atom. The van der Waals surface area contributed by atoms with Crippen LogP contribution in [0.1, 0.15) is 72.3 Å². The molecule has 1 unspecified atom stereocenters. The number of ether oxygens (including phenoxy) is 4. The summed E-state index contributed by atoms with van der Waals surface area (Å²) in [4.78, 5) is 27.3. The van der Waals surface area contributed by atoms with Crippen LogP contribution in [0.4, 0.5) is 4.79 Å². The van der Waals surface area contributed by atoms with Gasteiger partial charge in [-0.2, -0.15) is 0 Å². The molecule has 1 atom stereocenters. The maximum atomic E-state index is 13.0. The van der Waals surface area contributed by atoms with Crippen molar-refractivity contribution in [2.24, 2.45) is 5.41 Å². The third-order valence-corrected chi connectivity index (χ3v) is 6.22. The lowest BCUT2D eigenvalue weighted by Gasteiger charge is -2.38. The largest absolute Gasteiger partial charge is 0.455 e. The second-order valence-corrected chi connectivity index (χ2v) is 9.96. The van der Waals surface area contributed by atoms with Gasteiger partial charge in [0.15, 0.2) is 11.5 Å². The van der Waals surface area contributed by atoms with Gasteiger partial charge in [-0.15, -0.1) is 0 Å². The van der Waals surface area contributed by atoms with E-state index in [9.17, 15) is 9.59 Å². The summed E-state index contributed by atoms with van der Waals surface area (Å²) in [5.74, 6) is 1.23. The van der Waals surface area contributed by atoms with Crippen molar-refractivity contribution in [2.75, 3.05) is 19.9 Å². The fourth-order valence-electron chi connectivity index (χ4n) is 4.24. The van der Waals surface area contributed by atoms with Gasteiger partial charge in [0.25, 0.3) is 0 Å². The lowest BCUT2D eigenvalue weighted by molar-refractivity contribution is -0.178. The van der Waals surface area contributed by atoms with Crippen molar-refractivity contribution in [3.8, 4) is 11.5 Å². The summed E-state index contributed by atoms with van der Waals surface area (Å²) in [6.07, 6.45) is 4.78. The number of likely N-dealkylation sites (N-methyl/N-ethyl adjacent to an activating group) is 1. The summed E-state index contributed by atoms with van der Waals surface area (Å²) in [6, 6.07) is 5.79. The van der Waals surface area contributed by atoms with E-state index in [2.05, 4.69) is 0 Å². The van der Waals surface area contributed by atoms with E-state index in [1.807, 2.05) is 52.8 Å². The topological polar surface area (TPSA) is 74.3 Å². The molecule has 2 aliphatic rings. The zero-order chi connectivity index (χ0) is 23.4. The van der Waals surface area contributed by atoms with E-state index in [1.54, 1.807) is 4.90 Å². The summed E-state index contributed by atoms with van der Waals surface area (Å²) in [7, 11) is 0. The number of amides is 1. The van der Waals surface area contributed by atoms with Crippen LogP contribution >= 0.6 is 0 Å². The summed E-state index contributed by atoms with van der Waals surface area (Å²) in [5, 5.41) is 0. The number of esters is 1. The van der Waals surface area contributed by atoms with E-state index in [0.29, 0.717) is 13.0 Å². The van der Waals surface area contributed by atoms with Crippen molar-refractivity contribution in [2.45, 2.75) is 84.8 Å². The van der Waals surface area contributed by atoms with E-state index >= 15 is 0 Å². The lowest BCUT2D eigenvalue weighted by atomic mass is 9.84. The number of benzene rings is 1. The molecule has 1 aromatic rings. The fourth-order valence-corrected chi connectivity index (χ4v) is 4.24. The summed E-state index contributed by atoms with van der Waals surface area (Å²) >= 11 is 0. The molecule has 178 valence electrons. The Balaban J connectivity index is 1.61. The van der Waals surface area contributed by atoms with Gasteiger partial charge >= 0.3 is 12.1 Å². The van der Waals surface area contributed by atoms with E-state index in [0.717, 1.165) is 49.2 Å². The molecular formula is C25H37NO6. The van der Waals surface area contributed by atoms with Gasteiger partial charge in [0.2, 0.25) is 6.79 Å². The molecule has 1 amide bonds. The number of nitrogens with zero attached hydrogens (tertiary/aromatic N) is 1. The number of carbonyl (C=O) groups excluding carboxylic acids is 2. The van der Waals surface area contributed by atoms with Crippen LogP contribution in [0.3, 0.4) is 0 Å². The monoisotopic (exact) mass is 447 g/mol. The second kappa shape index (κ2) is 10.0. The smallest absolute Gasteiger partial charge is 0.410 e. The molecule has 1 aliphatic heterocycles. The zero-order valence-corrected chi connectivity index (χ0v) is 20.1. The predicted molar refractivity (Wildman–Crippen MR) is 121 cm³/mol. The molecule has 0 saturated heterocycles. The maximum Gasteiger partial charge on any atom is 0.410 e. The Labute approximate surface area is 191 Å². The minimum Gasteiger partial charge on any atom is -0.455 e. The van der Waals surface area contributed by atoms with Crippen molar-refractivity contribution in [1.29, 1.82) is 0 Å². The molecule has 1 fully saturated rings. The molecule has 0 N–H and O–H groups in total. The normalized spacial score (nSPS) is 18.0. The third-order valence-electron chi connectivity index (χ3n) is 6.22. The predicted octanol–water partition coefficient (Wildman–Crippen LogP) is 5.10. The Bertz CT molecular complexity index is 809. The number of carbonyl (C=O) groups is 2. The first kappa shape index (κ1) is 24.2. The van der Waals surface area contributed by atoms with E-state index in [4.69, 9.17) is 18.9 Å². The Kier molecular flexibility index (Phi) is 7.57. The second-order valence-electron chi connectivity index (χ2n) is 9.96. The molecule has 1 heterocycles. The summed E-state index contributed by atoms with van der Waals surface area (Å²) in [5.41, 5.74) is -0.253. The van der Waals surface area contributed by atoms with Crippen LogP contribution in [0.15, 0.2) is 18.2 Å². The fraction of sp³-hybridized carbons (Fsp3) is 0.680. The van der Waals surface area contributed by atoms with Crippen molar-refractivity contribution in [3.05, 3.63) is 23.8 Å². The van der Waals surface area contributed by atoms with Gasteiger partial charge in [0.1, 0.15) is 12.2 Å². The quantitative estimate of drug-likeness (QED) is 0.542. The van der Waals surface area contributed by atoms with Crippen LogP contribution in [0.2, 0.25) is 0 Å². The third kappa shape index (κ3) is 5.87. The molecular weight excluding hydrogens is 410 g/mol. The Hall–Kier alpha value is -2.44. The summed E-state index contributed by atoms with van der Waals surface area (Å²) in [6.45, 7) is 10.3. The van der Waals surface area contributed by atoms with Crippen LogP contribution in [-0.2, 0) is 20.7 Å². The Morgan fingerprint density at radius 1 is 1.12 bits per heavy atom. The highest BCUT2D eigenvalue weighted by Crippen LogP contribution is 2.35. The molecule has 7 nitrogen and oxygen atoms in total. The SMILES string of the molecule is CCN(C(=O)OCC1(OC(=O)C(C)(C)C)CCCCC1)C(C)Cc1ccc2c(c1)OCO2. The van der Waals surface area contributed by atoms with Crippen LogP contribution in [0.5, 0.6) is 11.5 Å². The average Bonchev–Trinajstić information content (AvgIpc) is 3.21. The standard InChI is InChI=1S/C25H37NO6/c1-6-26(18(2)14-19-10-11-20-21(15-19)31-17-30-20)23(28)29-16-25(12-8-7-9-13-25)32-22(27)24(3,4)5/h10-11,15,18H,6-9,12-14,16-17H2,1-5H3. The molecule has 0 aromatic heterocycles. The van der Waals surface area contributed by atoms with Crippen LogP contribution in [0, 0.1) is 5.41 Å². The van der Waals surface area contributed by atoms with Crippen molar-refractivity contribution in [1.82, 2.24) is 4.90 Å². The Morgan fingerprint density at radius 3 is 2.47 bits per heavy atom. The van der Waals surface area contributed by atoms with Gasteiger partial charge in [-0.25, -0.2) is 4.79 Å². The van der Waals surface area contributed by atoms with Crippen LogP contribution in [-0.4, -0.2) is 48.5 Å². The molecule has 1 aromatic carbocycles. The van der Waals surface area contributed by atoms with E-state index in [-0.39, 0.29) is 31.5 Å². The minimum atomic E-state index is -0.724. The maximum absolute atomic E-state index is 13.0. The van der Waals surface area contributed by atoms with Crippen molar-refractivity contribution in [3.63, 3.8) is 0 Å². The van der Waals surface area contributed by atoms with Gasteiger partial charge in [-0.05, 0) is 84.4 Å². The first-order chi connectivity index (χ1) is 15.1. The van der Waals surface area contributed by atoms with E-state index < -0.39 is 11.0 Å². The van der Waals surface area contributed by atoms with Gasteiger partial charge in [-0.1, -0.05) is 12.5 Å². The summed E-state index contributed by atoms with van der Waals surface area (Å²) < 4.78 is 22.5. The van der Waals surface area contributed by atoms with Gasteiger partial charge in [0, 0.05) is 12.6 Å². The lowest BCUT2D eigenvalue weighted by Crippen LogP contribution is -2.47. The number of fused-ring (bicyclic) bond motifs is 1. The van der Waals surface area contributed by atoms with Gasteiger partial charge in [0.05, 0.1) is 5.41 Å². The highest BCUT2D eigenvalue weighted by atomic mass is 16.7. The van der Waals surface area contributed by atoms with Gasteiger partial charge in [-0.3, -0.25) is 4.79 Å². The first-order valence-electron chi connectivity index (χ1n) is 11.7. The zero-order valence-electron chi connectivity index (χ0n) is 20.1. The molecule has 0 spiro atoms. The highest BCUT2D eigenvalue weighted by molar-refractivity contribution is 5.76. The molecule has 0 bridgehead atoms. The molecule has 1 aliphatic carbocycles. The van der Waals surface area contributed by atoms with Crippen molar-refractivity contribution < 1.29 is 28.5 Å². The van der Waals surface area contributed by atoms with Gasteiger partial charge < -0.3 is 23.8 Å². The number of hydrogen-bond donors (Lipinski definition) is 0.